The molecule has 0 aliphatic carbocycles. The number of likely N-dealkylation sites (tertiary alicyclic amines) is 1. The molecule has 2 heterocycles. The number of carbonyl (C=O) groups excluding carboxylic acids is 1. The summed E-state index contributed by atoms with van der Waals surface area (Å²) in [5, 5.41) is 0.617. The fraction of sp³-hybridized carbons (Fsp3) is 0.353. The zero-order valence-electron chi connectivity index (χ0n) is 13.4. The molecule has 1 saturated heterocycles. The van der Waals surface area contributed by atoms with E-state index in [1.165, 1.54) is 0 Å². The lowest BCUT2D eigenvalue weighted by Gasteiger charge is -2.31. The van der Waals surface area contributed by atoms with Gasteiger partial charge in [0, 0.05) is 31.0 Å². The largest absolute Gasteiger partial charge is 0.484 e. The Balaban J connectivity index is 1.42. The SMILES string of the molecule is O=C(COc1ccc(Cl)cc1)N1CCC(Oc2ncc(F)cn2)CC1. The van der Waals surface area contributed by atoms with Crippen molar-refractivity contribution in [2.24, 2.45) is 0 Å². The van der Waals surface area contributed by atoms with Gasteiger partial charge in [0.05, 0.1) is 12.4 Å². The molecule has 0 saturated carbocycles. The number of ether oxygens (including phenoxy) is 2. The number of nitrogens with zero attached hydrogens (tertiary/aromatic N) is 3. The van der Waals surface area contributed by atoms with Crippen LogP contribution >= 0.6 is 11.6 Å². The Kier molecular flexibility index (Phi) is 5.65. The maximum absolute atomic E-state index is 12.8. The van der Waals surface area contributed by atoms with Gasteiger partial charge in [-0.2, -0.15) is 0 Å². The summed E-state index contributed by atoms with van der Waals surface area (Å²) >= 11 is 5.81. The van der Waals surface area contributed by atoms with Gasteiger partial charge in [-0.1, -0.05) is 11.6 Å². The molecule has 6 nitrogen and oxygen atoms in total. The van der Waals surface area contributed by atoms with Gasteiger partial charge < -0.3 is 14.4 Å². The molecule has 1 aliphatic heterocycles. The fourth-order valence-corrected chi connectivity index (χ4v) is 2.63. The molecule has 0 unspecified atom stereocenters. The minimum Gasteiger partial charge on any atom is -0.484 e. The van der Waals surface area contributed by atoms with Crippen molar-refractivity contribution in [2.45, 2.75) is 18.9 Å². The van der Waals surface area contributed by atoms with Crippen molar-refractivity contribution in [3.05, 3.63) is 47.5 Å². The van der Waals surface area contributed by atoms with E-state index in [-0.39, 0.29) is 24.6 Å². The fourth-order valence-electron chi connectivity index (χ4n) is 2.50. The highest BCUT2D eigenvalue weighted by molar-refractivity contribution is 6.30. The van der Waals surface area contributed by atoms with Gasteiger partial charge in [0.1, 0.15) is 11.9 Å². The van der Waals surface area contributed by atoms with Gasteiger partial charge in [0.15, 0.2) is 12.4 Å². The van der Waals surface area contributed by atoms with Gasteiger partial charge in [-0.25, -0.2) is 14.4 Å². The molecule has 1 aliphatic rings. The first-order valence-corrected chi connectivity index (χ1v) is 8.28. The van der Waals surface area contributed by atoms with Crippen molar-refractivity contribution in [3.8, 4) is 11.8 Å². The lowest BCUT2D eigenvalue weighted by Crippen LogP contribution is -2.43. The molecule has 0 N–H and O–H groups in total. The Hall–Kier alpha value is -2.41. The summed E-state index contributed by atoms with van der Waals surface area (Å²) in [5.74, 6) is 0.0179. The van der Waals surface area contributed by atoms with Crippen LogP contribution in [0.4, 0.5) is 4.39 Å². The second-order valence-corrected chi connectivity index (χ2v) is 6.06. The van der Waals surface area contributed by atoms with Crippen LogP contribution in [0.5, 0.6) is 11.8 Å². The van der Waals surface area contributed by atoms with Gasteiger partial charge in [-0.3, -0.25) is 4.79 Å². The summed E-state index contributed by atoms with van der Waals surface area (Å²) in [6, 6.07) is 7.01. The maximum Gasteiger partial charge on any atom is 0.316 e. The minimum absolute atomic E-state index is 0.0196. The number of rotatable bonds is 5. The molecule has 132 valence electrons. The van der Waals surface area contributed by atoms with Crippen LogP contribution in [0.15, 0.2) is 36.7 Å². The molecule has 1 aromatic heterocycles. The predicted molar refractivity (Wildman–Crippen MR) is 89.2 cm³/mol. The van der Waals surface area contributed by atoms with Crippen LogP contribution in [0.1, 0.15) is 12.8 Å². The zero-order chi connectivity index (χ0) is 17.6. The Morgan fingerprint density at radius 2 is 1.84 bits per heavy atom. The Morgan fingerprint density at radius 1 is 1.20 bits per heavy atom. The normalized spacial score (nSPS) is 15.0. The van der Waals surface area contributed by atoms with E-state index in [4.69, 9.17) is 21.1 Å². The Morgan fingerprint density at radius 3 is 2.48 bits per heavy atom. The van der Waals surface area contributed by atoms with Crippen LogP contribution in [0.25, 0.3) is 0 Å². The second kappa shape index (κ2) is 8.11. The van der Waals surface area contributed by atoms with Crippen LogP contribution in [0.3, 0.4) is 0 Å². The molecule has 0 spiro atoms. The zero-order valence-corrected chi connectivity index (χ0v) is 14.2. The molecule has 1 amide bonds. The number of hydrogen-bond donors (Lipinski definition) is 0. The Labute approximate surface area is 149 Å². The first kappa shape index (κ1) is 17.4. The third-order valence-electron chi connectivity index (χ3n) is 3.84. The highest BCUT2D eigenvalue weighted by atomic mass is 35.5. The monoisotopic (exact) mass is 365 g/mol. The van der Waals surface area contributed by atoms with Gasteiger partial charge in [0.25, 0.3) is 5.91 Å². The topological polar surface area (TPSA) is 64.5 Å². The van der Waals surface area contributed by atoms with E-state index in [1.54, 1.807) is 29.2 Å². The number of carbonyl (C=O) groups is 1. The minimum atomic E-state index is -0.506. The van der Waals surface area contributed by atoms with E-state index in [2.05, 4.69) is 9.97 Å². The van der Waals surface area contributed by atoms with E-state index in [0.717, 1.165) is 12.4 Å². The number of benzene rings is 1. The highest BCUT2D eigenvalue weighted by Gasteiger charge is 2.24. The molecular formula is C17H17ClFN3O3. The molecule has 2 aromatic rings. The Bertz CT molecular complexity index is 704. The van der Waals surface area contributed by atoms with Crippen LogP contribution in [0, 0.1) is 5.82 Å². The van der Waals surface area contributed by atoms with Crippen LogP contribution in [-0.2, 0) is 4.79 Å². The standard InChI is InChI=1S/C17H17ClFN3O3/c18-12-1-3-14(4-2-12)24-11-16(23)22-7-5-15(6-8-22)25-17-20-9-13(19)10-21-17/h1-4,9-10,15H,5-8,11H2. The van der Waals surface area contributed by atoms with E-state index in [9.17, 15) is 9.18 Å². The predicted octanol–water partition coefficient (Wildman–Crippen LogP) is 2.72. The van der Waals surface area contributed by atoms with E-state index in [0.29, 0.717) is 36.7 Å². The van der Waals surface area contributed by atoms with Crippen molar-refractivity contribution in [2.75, 3.05) is 19.7 Å². The summed E-state index contributed by atoms with van der Waals surface area (Å²) in [6.45, 7) is 1.11. The summed E-state index contributed by atoms with van der Waals surface area (Å²) in [7, 11) is 0. The molecule has 8 heteroatoms. The maximum atomic E-state index is 12.8. The number of aromatic nitrogens is 2. The smallest absolute Gasteiger partial charge is 0.316 e. The molecular weight excluding hydrogens is 349 g/mol. The van der Waals surface area contributed by atoms with Gasteiger partial charge in [-0.15, -0.1) is 0 Å². The first-order valence-electron chi connectivity index (χ1n) is 7.90. The van der Waals surface area contributed by atoms with E-state index in [1.807, 2.05) is 0 Å². The lowest BCUT2D eigenvalue weighted by molar-refractivity contribution is -0.135. The quantitative estimate of drug-likeness (QED) is 0.815. The molecule has 25 heavy (non-hydrogen) atoms. The first-order chi connectivity index (χ1) is 12.1. The molecule has 1 fully saturated rings. The lowest BCUT2D eigenvalue weighted by atomic mass is 10.1. The molecule has 0 radical (unpaired) electrons. The molecule has 3 rings (SSSR count). The van der Waals surface area contributed by atoms with E-state index >= 15 is 0 Å². The summed E-state index contributed by atoms with van der Waals surface area (Å²) in [5.41, 5.74) is 0. The summed E-state index contributed by atoms with van der Waals surface area (Å²) in [4.78, 5) is 21.5. The van der Waals surface area contributed by atoms with E-state index < -0.39 is 5.82 Å². The van der Waals surface area contributed by atoms with Crippen LogP contribution in [-0.4, -0.2) is 46.6 Å². The highest BCUT2D eigenvalue weighted by Crippen LogP contribution is 2.18. The number of hydrogen-bond acceptors (Lipinski definition) is 5. The number of halogens is 2. The van der Waals surface area contributed by atoms with Gasteiger partial charge >= 0.3 is 6.01 Å². The van der Waals surface area contributed by atoms with Crippen molar-refractivity contribution in [1.29, 1.82) is 0 Å². The van der Waals surface area contributed by atoms with Crippen LogP contribution in [0.2, 0.25) is 5.02 Å². The average Bonchev–Trinajstić information content (AvgIpc) is 2.63. The van der Waals surface area contributed by atoms with Crippen molar-refractivity contribution >= 4 is 17.5 Å². The number of amides is 1. The van der Waals surface area contributed by atoms with Crippen molar-refractivity contribution in [3.63, 3.8) is 0 Å². The summed E-state index contributed by atoms with van der Waals surface area (Å²) in [6.07, 6.45) is 3.36. The molecule has 0 atom stereocenters. The van der Waals surface area contributed by atoms with Crippen molar-refractivity contribution < 1.29 is 18.7 Å². The van der Waals surface area contributed by atoms with Crippen LogP contribution < -0.4 is 9.47 Å². The summed E-state index contributed by atoms with van der Waals surface area (Å²) < 4.78 is 23.9. The third-order valence-corrected chi connectivity index (χ3v) is 4.09. The second-order valence-electron chi connectivity index (χ2n) is 5.62. The average molecular weight is 366 g/mol. The van der Waals surface area contributed by atoms with Gasteiger partial charge in [0.2, 0.25) is 0 Å². The molecule has 0 bridgehead atoms. The van der Waals surface area contributed by atoms with Gasteiger partial charge in [-0.05, 0) is 24.3 Å². The number of piperidine rings is 1. The molecule has 1 aromatic carbocycles. The third kappa shape index (κ3) is 5.03. The van der Waals surface area contributed by atoms with Crippen molar-refractivity contribution in [1.82, 2.24) is 14.9 Å².